The van der Waals surface area contributed by atoms with Crippen LogP contribution in [0.2, 0.25) is 5.02 Å². The van der Waals surface area contributed by atoms with E-state index in [2.05, 4.69) is 24.4 Å². The Hall–Kier alpha value is -2.78. The van der Waals surface area contributed by atoms with Crippen LogP contribution < -0.4 is 10.1 Å². The first-order valence-corrected chi connectivity index (χ1v) is 10.7. The summed E-state index contributed by atoms with van der Waals surface area (Å²) in [5.74, 6) is 0.843. The fourth-order valence-electron chi connectivity index (χ4n) is 4.14. The van der Waals surface area contributed by atoms with Gasteiger partial charge in [0.05, 0.1) is 0 Å². The Balaban J connectivity index is 1.52. The summed E-state index contributed by atoms with van der Waals surface area (Å²) in [6.45, 7) is 3.93. The van der Waals surface area contributed by atoms with Crippen molar-refractivity contribution in [3.05, 3.63) is 101 Å². The van der Waals surface area contributed by atoms with Crippen LogP contribution in [-0.2, 0) is 17.6 Å². The van der Waals surface area contributed by atoms with E-state index in [0.29, 0.717) is 6.42 Å². The minimum absolute atomic E-state index is 0.0697. The molecular weight excluding hydrogens is 394 g/mol. The number of carbonyl (C=O) groups excluding carboxylic acids is 1. The third-order valence-electron chi connectivity index (χ3n) is 5.87. The van der Waals surface area contributed by atoms with E-state index in [1.165, 1.54) is 11.1 Å². The third-order valence-corrected chi connectivity index (χ3v) is 6.13. The minimum atomic E-state index is -0.889. The van der Waals surface area contributed by atoms with Crippen molar-refractivity contribution in [2.75, 3.05) is 0 Å². The Morgan fingerprint density at radius 1 is 1.03 bits per heavy atom. The summed E-state index contributed by atoms with van der Waals surface area (Å²) in [4.78, 5) is 13.2. The fourth-order valence-corrected chi connectivity index (χ4v) is 4.26. The molecule has 3 unspecified atom stereocenters. The minimum Gasteiger partial charge on any atom is -0.477 e. The summed E-state index contributed by atoms with van der Waals surface area (Å²) in [6, 6.07) is 26.0. The zero-order valence-electron chi connectivity index (χ0n) is 17.3. The molecule has 3 atom stereocenters. The molecule has 0 radical (unpaired) electrons. The van der Waals surface area contributed by atoms with Crippen LogP contribution >= 0.6 is 11.6 Å². The van der Waals surface area contributed by atoms with Gasteiger partial charge in [-0.3, -0.25) is 4.79 Å². The van der Waals surface area contributed by atoms with Crippen molar-refractivity contribution in [1.29, 1.82) is 0 Å². The molecular formula is C26H26ClNO2. The zero-order valence-corrected chi connectivity index (χ0v) is 18.0. The van der Waals surface area contributed by atoms with Crippen molar-refractivity contribution in [3.63, 3.8) is 0 Å². The quantitative estimate of drug-likeness (QED) is 0.567. The molecule has 3 aromatic carbocycles. The molecule has 3 aromatic rings. The third kappa shape index (κ3) is 4.36. The highest BCUT2D eigenvalue weighted by atomic mass is 35.5. The first kappa shape index (κ1) is 20.5. The lowest BCUT2D eigenvalue weighted by Crippen LogP contribution is -2.52. The van der Waals surface area contributed by atoms with Gasteiger partial charge in [0.15, 0.2) is 5.60 Å². The van der Waals surface area contributed by atoms with Gasteiger partial charge in [-0.2, -0.15) is 0 Å². The molecule has 0 saturated heterocycles. The van der Waals surface area contributed by atoms with Crippen LogP contribution in [-0.4, -0.2) is 17.6 Å². The molecule has 4 rings (SSSR count). The topological polar surface area (TPSA) is 38.3 Å². The molecule has 0 fully saturated rings. The summed E-state index contributed by atoms with van der Waals surface area (Å²) in [5, 5.41) is 3.96. The van der Waals surface area contributed by atoms with Gasteiger partial charge < -0.3 is 10.1 Å². The number of ether oxygens (including phenoxy) is 1. The van der Waals surface area contributed by atoms with E-state index in [1.54, 1.807) is 0 Å². The molecule has 0 saturated carbocycles. The number of nitrogens with one attached hydrogen (secondary N) is 1. The molecule has 0 aromatic heterocycles. The van der Waals surface area contributed by atoms with E-state index in [9.17, 15) is 4.79 Å². The second-order valence-corrected chi connectivity index (χ2v) is 8.66. The summed E-state index contributed by atoms with van der Waals surface area (Å²) >= 11 is 6.05. The lowest BCUT2D eigenvalue weighted by Gasteiger charge is -2.30. The normalized spacial score (nSPS) is 19.4. The van der Waals surface area contributed by atoms with Crippen molar-refractivity contribution in [2.24, 2.45) is 0 Å². The molecule has 1 amide bonds. The maximum absolute atomic E-state index is 13.2. The van der Waals surface area contributed by atoms with Gasteiger partial charge in [-0.15, -0.1) is 0 Å². The summed E-state index contributed by atoms with van der Waals surface area (Å²) in [5.41, 5.74) is 2.56. The van der Waals surface area contributed by atoms with E-state index in [4.69, 9.17) is 16.3 Å². The number of halogens is 1. The molecule has 1 aliphatic rings. The van der Waals surface area contributed by atoms with Gasteiger partial charge in [-0.05, 0) is 55.2 Å². The SMILES string of the molecule is CC(NC(=O)C1(C)Cc2ccccc2O1)C(Cc1ccc(Cl)cc1)c1ccccc1. The second-order valence-electron chi connectivity index (χ2n) is 8.23. The van der Waals surface area contributed by atoms with Crippen molar-refractivity contribution in [3.8, 4) is 5.75 Å². The molecule has 0 aliphatic carbocycles. The van der Waals surface area contributed by atoms with Gasteiger partial charge in [-0.1, -0.05) is 72.3 Å². The van der Waals surface area contributed by atoms with Gasteiger partial charge in [0.2, 0.25) is 0 Å². The summed E-state index contributed by atoms with van der Waals surface area (Å²) in [7, 11) is 0. The molecule has 0 bridgehead atoms. The maximum Gasteiger partial charge on any atom is 0.264 e. The van der Waals surface area contributed by atoms with Gasteiger partial charge in [0.25, 0.3) is 5.91 Å². The van der Waals surface area contributed by atoms with Crippen LogP contribution in [0.15, 0.2) is 78.9 Å². The number of amides is 1. The smallest absolute Gasteiger partial charge is 0.264 e. The van der Waals surface area contributed by atoms with Crippen molar-refractivity contribution in [2.45, 2.75) is 44.2 Å². The largest absolute Gasteiger partial charge is 0.477 e. The first-order valence-electron chi connectivity index (χ1n) is 10.3. The van der Waals surface area contributed by atoms with E-state index >= 15 is 0 Å². The highest BCUT2D eigenvalue weighted by molar-refractivity contribution is 6.30. The predicted octanol–water partition coefficient (Wildman–Crippen LogP) is 5.56. The van der Waals surface area contributed by atoms with E-state index < -0.39 is 5.60 Å². The van der Waals surface area contributed by atoms with Crippen LogP contribution in [0.3, 0.4) is 0 Å². The van der Waals surface area contributed by atoms with Crippen molar-refractivity contribution in [1.82, 2.24) is 5.32 Å². The van der Waals surface area contributed by atoms with Crippen LogP contribution in [0.25, 0.3) is 0 Å². The number of carbonyl (C=O) groups is 1. The lowest BCUT2D eigenvalue weighted by molar-refractivity contribution is -0.135. The van der Waals surface area contributed by atoms with Crippen molar-refractivity contribution >= 4 is 17.5 Å². The molecule has 30 heavy (non-hydrogen) atoms. The van der Waals surface area contributed by atoms with Gasteiger partial charge >= 0.3 is 0 Å². The summed E-state index contributed by atoms with van der Waals surface area (Å²) in [6.07, 6.45) is 1.38. The molecule has 1 heterocycles. The maximum atomic E-state index is 13.2. The molecule has 1 aliphatic heterocycles. The van der Waals surface area contributed by atoms with Crippen LogP contribution in [0, 0.1) is 0 Å². The predicted molar refractivity (Wildman–Crippen MR) is 121 cm³/mol. The fraction of sp³-hybridized carbons (Fsp3) is 0.269. The number of fused-ring (bicyclic) bond motifs is 1. The Kier molecular flexibility index (Phi) is 5.83. The van der Waals surface area contributed by atoms with Crippen LogP contribution in [0.4, 0.5) is 0 Å². The van der Waals surface area contributed by atoms with Gasteiger partial charge in [0, 0.05) is 23.4 Å². The molecule has 4 heteroatoms. The number of hydrogen-bond donors (Lipinski definition) is 1. The average molecular weight is 420 g/mol. The zero-order chi connectivity index (χ0) is 21.1. The monoisotopic (exact) mass is 419 g/mol. The second kappa shape index (κ2) is 8.53. The average Bonchev–Trinajstić information content (AvgIpc) is 3.11. The number of para-hydroxylation sites is 1. The summed E-state index contributed by atoms with van der Waals surface area (Å²) < 4.78 is 6.05. The van der Waals surface area contributed by atoms with Crippen LogP contribution in [0.1, 0.15) is 36.5 Å². The standard InChI is InChI=1S/C26H26ClNO2/c1-18(28-25(29)26(2)17-21-10-6-7-11-24(21)30-26)23(20-8-4-3-5-9-20)16-19-12-14-22(27)15-13-19/h3-15,18,23H,16-17H2,1-2H3,(H,28,29). The Morgan fingerprint density at radius 3 is 2.40 bits per heavy atom. The van der Waals surface area contributed by atoms with E-state index in [1.807, 2.05) is 73.7 Å². The van der Waals surface area contributed by atoms with Gasteiger partial charge in [0.1, 0.15) is 5.75 Å². The molecule has 3 nitrogen and oxygen atoms in total. The molecule has 1 N–H and O–H groups in total. The Labute approximate surface area is 183 Å². The highest BCUT2D eigenvalue weighted by Gasteiger charge is 2.42. The lowest BCUT2D eigenvalue weighted by atomic mass is 9.86. The Morgan fingerprint density at radius 2 is 1.70 bits per heavy atom. The number of rotatable bonds is 6. The highest BCUT2D eigenvalue weighted by Crippen LogP contribution is 2.35. The van der Waals surface area contributed by atoms with Crippen LogP contribution in [0.5, 0.6) is 5.75 Å². The van der Waals surface area contributed by atoms with Crippen molar-refractivity contribution < 1.29 is 9.53 Å². The molecule has 154 valence electrons. The van der Waals surface area contributed by atoms with E-state index in [0.717, 1.165) is 22.8 Å². The number of benzene rings is 3. The Bertz CT molecular complexity index is 992. The first-order chi connectivity index (χ1) is 14.4. The molecule has 0 spiro atoms. The number of hydrogen-bond acceptors (Lipinski definition) is 2. The van der Waals surface area contributed by atoms with Gasteiger partial charge in [-0.25, -0.2) is 0 Å². The van der Waals surface area contributed by atoms with E-state index in [-0.39, 0.29) is 17.9 Å².